The van der Waals surface area contributed by atoms with Crippen LogP contribution in [0, 0.1) is 0 Å². The molecule has 0 unspecified atom stereocenters. The summed E-state index contributed by atoms with van der Waals surface area (Å²) in [5.41, 5.74) is 12.0. The van der Waals surface area contributed by atoms with Crippen LogP contribution < -0.4 is 22.1 Å². The lowest BCUT2D eigenvalue weighted by molar-refractivity contribution is -0.155. The number of nitrogens with two attached hydrogens (primary N) is 2. The molecule has 1 aromatic heterocycles. The monoisotopic (exact) mass is 494 g/mol. The second-order valence-electron chi connectivity index (χ2n) is 9.39. The summed E-state index contributed by atoms with van der Waals surface area (Å²) in [5.74, 6) is -0.851. The van der Waals surface area contributed by atoms with Crippen molar-refractivity contribution in [1.82, 2.24) is 5.32 Å². The van der Waals surface area contributed by atoms with Gasteiger partial charge >= 0.3 is 12.0 Å². The quantitative estimate of drug-likeness (QED) is 0.342. The zero-order valence-electron chi connectivity index (χ0n) is 19.9. The lowest BCUT2D eigenvalue weighted by atomic mass is 10.0. The summed E-state index contributed by atoms with van der Waals surface area (Å²) >= 11 is 1.24. The van der Waals surface area contributed by atoms with Gasteiger partial charge in [-0.25, -0.2) is 4.79 Å². The van der Waals surface area contributed by atoms with Crippen LogP contribution in [-0.4, -0.2) is 29.6 Å². The minimum atomic E-state index is -0.782. The Kier molecular flexibility index (Phi) is 7.09. The maximum atomic E-state index is 12.6. The number of esters is 1. The third-order valence-corrected chi connectivity index (χ3v) is 7.34. The average molecular weight is 495 g/mol. The predicted molar refractivity (Wildman–Crippen MR) is 138 cm³/mol. The van der Waals surface area contributed by atoms with E-state index in [-0.39, 0.29) is 17.6 Å². The van der Waals surface area contributed by atoms with Gasteiger partial charge in [0.15, 0.2) is 0 Å². The number of primary amides is 2. The second-order valence-corrected chi connectivity index (χ2v) is 10.4. The molecule has 1 fully saturated rings. The SMILES string of the molecule is CC(C)(NCc1ccc2cc(-c3cc(C(N)=O)c(NC(N)=O)s3)ccc2c1)C(=O)OC1CCCC1. The number of hydrogen-bond acceptors (Lipinski definition) is 6. The van der Waals surface area contributed by atoms with Gasteiger partial charge in [0.25, 0.3) is 5.91 Å². The number of hydrogen-bond donors (Lipinski definition) is 4. The van der Waals surface area contributed by atoms with Crippen molar-refractivity contribution in [2.24, 2.45) is 11.5 Å². The van der Waals surface area contributed by atoms with Crippen LogP contribution in [0.1, 0.15) is 55.5 Å². The molecule has 4 rings (SSSR count). The van der Waals surface area contributed by atoms with Gasteiger partial charge in [-0.3, -0.25) is 20.2 Å². The molecule has 1 heterocycles. The Bertz CT molecular complexity index is 1280. The second kappa shape index (κ2) is 10.1. The molecule has 0 spiro atoms. The van der Waals surface area contributed by atoms with E-state index in [1.54, 1.807) is 6.07 Å². The zero-order chi connectivity index (χ0) is 25.2. The van der Waals surface area contributed by atoms with Crippen LogP contribution >= 0.6 is 11.3 Å². The number of thiophene rings is 1. The van der Waals surface area contributed by atoms with E-state index in [1.807, 2.05) is 44.2 Å². The van der Waals surface area contributed by atoms with Crippen molar-refractivity contribution >= 4 is 45.0 Å². The first-order valence-electron chi connectivity index (χ1n) is 11.6. The number of fused-ring (bicyclic) bond motifs is 1. The zero-order valence-corrected chi connectivity index (χ0v) is 20.7. The number of rotatable bonds is 8. The molecule has 0 atom stereocenters. The highest BCUT2D eigenvalue weighted by Gasteiger charge is 2.31. The molecule has 6 N–H and O–H groups in total. The first-order valence-corrected chi connectivity index (χ1v) is 12.4. The molecule has 184 valence electrons. The maximum absolute atomic E-state index is 12.6. The van der Waals surface area contributed by atoms with Crippen LogP contribution in [0.4, 0.5) is 9.80 Å². The summed E-state index contributed by atoms with van der Waals surface area (Å²) in [4.78, 5) is 36.4. The van der Waals surface area contributed by atoms with Crippen LogP contribution in [-0.2, 0) is 16.1 Å². The normalized spacial score (nSPS) is 14.2. The minimum absolute atomic E-state index is 0.0449. The van der Waals surface area contributed by atoms with E-state index in [2.05, 4.69) is 16.7 Å². The molecule has 1 saturated carbocycles. The van der Waals surface area contributed by atoms with E-state index >= 15 is 0 Å². The summed E-state index contributed by atoms with van der Waals surface area (Å²) in [5, 5.41) is 8.18. The topological polar surface area (TPSA) is 137 Å². The van der Waals surface area contributed by atoms with Crippen molar-refractivity contribution in [2.45, 2.75) is 57.7 Å². The Morgan fingerprint density at radius 3 is 2.40 bits per heavy atom. The van der Waals surface area contributed by atoms with Crippen LogP contribution in [0.3, 0.4) is 0 Å². The molecule has 35 heavy (non-hydrogen) atoms. The third-order valence-electron chi connectivity index (χ3n) is 6.24. The highest BCUT2D eigenvalue weighted by molar-refractivity contribution is 7.20. The van der Waals surface area contributed by atoms with E-state index < -0.39 is 17.5 Å². The highest BCUT2D eigenvalue weighted by atomic mass is 32.1. The molecule has 3 aromatic rings. The average Bonchev–Trinajstić information content (AvgIpc) is 3.47. The summed E-state index contributed by atoms with van der Waals surface area (Å²) in [6, 6.07) is 13.0. The molecule has 1 aliphatic rings. The summed E-state index contributed by atoms with van der Waals surface area (Å²) in [6.45, 7) is 4.22. The van der Waals surface area contributed by atoms with Crippen LogP contribution in [0.15, 0.2) is 42.5 Å². The Hall–Kier alpha value is -3.43. The van der Waals surface area contributed by atoms with Crippen molar-refractivity contribution in [1.29, 1.82) is 0 Å². The molecule has 0 bridgehead atoms. The van der Waals surface area contributed by atoms with Crippen molar-refractivity contribution in [2.75, 3.05) is 5.32 Å². The number of carbonyl (C=O) groups excluding carboxylic acids is 3. The standard InChI is InChI=1S/C26H30N4O4S/c1-26(2,24(32)34-19-5-3-4-6-19)29-14-15-7-8-17-12-18(10-9-16(17)11-15)21-13-20(22(27)31)23(35-21)30-25(28)33/h7-13,19,29H,3-6,14H2,1-2H3,(H2,27,31)(H3,28,30,33). The lowest BCUT2D eigenvalue weighted by Gasteiger charge is -2.26. The fourth-order valence-corrected chi connectivity index (χ4v) is 5.24. The third kappa shape index (κ3) is 5.80. The van der Waals surface area contributed by atoms with Crippen LogP contribution in [0.2, 0.25) is 0 Å². The predicted octanol–water partition coefficient (Wildman–Crippen LogP) is 4.51. The van der Waals surface area contributed by atoms with Gasteiger partial charge in [0.05, 0.1) is 5.56 Å². The Morgan fingerprint density at radius 1 is 1.03 bits per heavy atom. The Morgan fingerprint density at radius 2 is 1.71 bits per heavy atom. The van der Waals surface area contributed by atoms with Gasteiger partial charge in [0, 0.05) is 11.4 Å². The van der Waals surface area contributed by atoms with Gasteiger partial charge in [0.1, 0.15) is 16.6 Å². The van der Waals surface area contributed by atoms with Crippen molar-refractivity contribution in [3.8, 4) is 10.4 Å². The van der Waals surface area contributed by atoms with Gasteiger partial charge in [-0.2, -0.15) is 0 Å². The Labute approximate surface area is 208 Å². The van der Waals surface area contributed by atoms with Crippen molar-refractivity contribution in [3.63, 3.8) is 0 Å². The van der Waals surface area contributed by atoms with Crippen LogP contribution in [0.5, 0.6) is 0 Å². The van der Waals surface area contributed by atoms with E-state index in [9.17, 15) is 14.4 Å². The molecule has 0 saturated heterocycles. The number of benzene rings is 2. The summed E-state index contributed by atoms with van der Waals surface area (Å²) < 4.78 is 5.68. The fourth-order valence-electron chi connectivity index (χ4n) is 4.18. The van der Waals surface area contributed by atoms with E-state index in [4.69, 9.17) is 16.2 Å². The first kappa shape index (κ1) is 24.7. The molecule has 8 nitrogen and oxygen atoms in total. The summed E-state index contributed by atoms with van der Waals surface area (Å²) in [6.07, 6.45) is 4.19. The van der Waals surface area contributed by atoms with Gasteiger partial charge in [-0.1, -0.05) is 24.3 Å². The first-order chi connectivity index (χ1) is 16.6. The minimum Gasteiger partial charge on any atom is -0.461 e. The number of anilines is 1. The highest BCUT2D eigenvalue weighted by Crippen LogP contribution is 2.36. The van der Waals surface area contributed by atoms with E-state index in [0.29, 0.717) is 11.5 Å². The van der Waals surface area contributed by atoms with Crippen molar-refractivity contribution < 1.29 is 19.1 Å². The van der Waals surface area contributed by atoms with Gasteiger partial charge < -0.3 is 16.2 Å². The molecular formula is C26H30N4O4S. The molecule has 0 radical (unpaired) electrons. The maximum Gasteiger partial charge on any atom is 0.326 e. The summed E-state index contributed by atoms with van der Waals surface area (Å²) in [7, 11) is 0. The largest absolute Gasteiger partial charge is 0.461 e. The molecular weight excluding hydrogens is 464 g/mol. The number of amides is 3. The molecule has 2 aromatic carbocycles. The number of urea groups is 1. The van der Waals surface area contributed by atoms with Crippen molar-refractivity contribution in [3.05, 3.63) is 53.6 Å². The molecule has 9 heteroatoms. The fraction of sp³-hybridized carbons (Fsp3) is 0.346. The number of ether oxygens (including phenoxy) is 1. The van der Waals surface area contributed by atoms with E-state index in [1.165, 1.54) is 11.3 Å². The smallest absolute Gasteiger partial charge is 0.326 e. The molecule has 0 aliphatic heterocycles. The molecule has 1 aliphatic carbocycles. The van der Waals surface area contributed by atoms with Crippen LogP contribution in [0.25, 0.3) is 21.2 Å². The van der Waals surface area contributed by atoms with E-state index in [0.717, 1.165) is 52.5 Å². The van der Waals surface area contributed by atoms with Gasteiger partial charge in [0.2, 0.25) is 0 Å². The number of nitrogens with one attached hydrogen (secondary N) is 2. The lowest BCUT2D eigenvalue weighted by Crippen LogP contribution is -2.48. The van der Waals surface area contributed by atoms with Gasteiger partial charge in [-0.15, -0.1) is 11.3 Å². The number of carbonyl (C=O) groups is 3. The Balaban J connectivity index is 1.48. The van der Waals surface area contributed by atoms with Gasteiger partial charge in [-0.05, 0) is 79.6 Å². The molecule has 3 amide bonds.